The van der Waals surface area contributed by atoms with Crippen molar-refractivity contribution in [2.24, 2.45) is 0 Å². The Labute approximate surface area is 177 Å². The number of benzene rings is 1. The zero-order chi connectivity index (χ0) is 21.8. The van der Waals surface area contributed by atoms with E-state index in [2.05, 4.69) is 12.1 Å². The Morgan fingerprint density at radius 3 is 2.13 bits per heavy atom. The fraction of sp³-hybridized carbons (Fsp3) is 0.524. The number of nitrogens with zero attached hydrogens (tertiary/aromatic N) is 5. The Hall–Kier alpha value is -2.93. The second kappa shape index (κ2) is 8.83. The van der Waals surface area contributed by atoms with Gasteiger partial charge in [-0.1, -0.05) is 0 Å². The fourth-order valence-corrected chi connectivity index (χ4v) is 5.93. The van der Waals surface area contributed by atoms with Gasteiger partial charge in [0.05, 0.1) is 34.9 Å². The molecule has 30 heavy (non-hydrogen) atoms. The van der Waals surface area contributed by atoms with Crippen molar-refractivity contribution in [2.45, 2.75) is 55.3 Å². The van der Waals surface area contributed by atoms with Gasteiger partial charge in [-0.25, -0.2) is 8.42 Å². The molecule has 1 aromatic rings. The van der Waals surface area contributed by atoms with E-state index < -0.39 is 15.4 Å². The average molecular weight is 426 g/mol. The zero-order valence-electron chi connectivity index (χ0n) is 16.7. The number of carbonyl (C=O) groups excluding carboxylic acids is 1. The van der Waals surface area contributed by atoms with E-state index in [-0.39, 0.29) is 49.5 Å². The molecule has 0 atom stereocenters. The monoisotopic (exact) mass is 425 g/mol. The van der Waals surface area contributed by atoms with E-state index >= 15 is 0 Å². The van der Waals surface area contributed by atoms with Gasteiger partial charge in [-0.05, 0) is 49.4 Å². The summed E-state index contributed by atoms with van der Waals surface area (Å²) >= 11 is 0. The van der Waals surface area contributed by atoms with Crippen LogP contribution in [-0.4, -0.2) is 38.3 Å². The molecule has 0 N–H and O–H groups in total. The molecule has 1 amide bonds. The van der Waals surface area contributed by atoms with Crippen LogP contribution in [0.5, 0.6) is 0 Å². The minimum atomic E-state index is -3.68. The largest absolute Gasteiger partial charge is 0.310 e. The zero-order valence-corrected chi connectivity index (χ0v) is 17.5. The van der Waals surface area contributed by atoms with E-state index in [4.69, 9.17) is 15.8 Å². The molecular formula is C21H23N5O3S. The lowest BCUT2D eigenvalue weighted by Gasteiger charge is -2.27. The molecule has 0 aromatic heterocycles. The standard InChI is InChI=1S/C21H23N5O3S/c22-10-3-8-21(9-4-11-23)18-16-17(30(28,29)25-13-1-2-14-25)6-7-19(18)26(20(21)27)15-5-12-24/h6-7,16H,1-5,8-9,13-15H2. The predicted molar refractivity (Wildman–Crippen MR) is 108 cm³/mol. The van der Waals surface area contributed by atoms with Crippen LogP contribution in [0.2, 0.25) is 0 Å². The number of hydrogen-bond acceptors (Lipinski definition) is 6. The first-order chi connectivity index (χ1) is 14.4. The van der Waals surface area contributed by atoms with Crippen molar-refractivity contribution in [3.63, 3.8) is 0 Å². The Balaban J connectivity index is 2.14. The number of nitriles is 3. The Bertz CT molecular complexity index is 1040. The minimum Gasteiger partial charge on any atom is -0.310 e. The third-order valence-electron chi connectivity index (χ3n) is 5.91. The van der Waals surface area contributed by atoms with Crippen molar-refractivity contribution in [1.29, 1.82) is 15.8 Å². The van der Waals surface area contributed by atoms with Gasteiger partial charge in [0.25, 0.3) is 0 Å². The van der Waals surface area contributed by atoms with Crippen molar-refractivity contribution in [1.82, 2.24) is 4.31 Å². The molecule has 1 saturated heterocycles. The van der Waals surface area contributed by atoms with Crippen molar-refractivity contribution < 1.29 is 13.2 Å². The first-order valence-corrected chi connectivity index (χ1v) is 11.4. The lowest BCUT2D eigenvalue weighted by molar-refractivity contribution is -0.123. The molecule has 2 aliphatic heterocycles. The lowest BCUT2D eigenvalue weighted by Crippen LogP contribution is -2.41. The van der Waals surface area contributed by atoms with Crippen LogP contribution in [0, 0.1) is 34.0 Å². The first-order valence-electron chi connectivity index (χ1n) is 10.00. The molecular weight excluding hydrogens is 402 g/mol. The number of hydrogen-bond donors (Lipinski definition) is 0. The van der Waals surface area contributed by atoms with Crippen molar-refractivity contribution >= 4 is 21.6 Å². The minimum absolute atomic E-state index is 0.103. The topological polar surface area (TPSA) is 129 Å². The first kappa shape index (κ1) is 21.8. The molecule has 1 fully saturated rings. The van der Waals surface area contributed by atoms with Crippen LogP contribution < -0.4 is 4.90 Å². The Kier molecular flexibility index (Phi) is 6.41. The van der Waals surface area contributed by atoms with Crippen LogP contribution in [0.4, 0.5) is 5.69 Å². The van der Waals surface area contributed by atoms with Gasteiger partial charge in [0.2, 0.25) is 15.9 Å². The number of carbonyl (C=O) groups is 1. The van der Waals surface area contributed by atoms with Crippen molar-refractivity contribution in [3.05, 3.63) is 23.8 Å². The van der Waals surface area contributed by atoms with Crippen LogP contribution >= 0.6 is 0 Å². The highest BCUT2D eigenvalue weighted by Crippen LogP contribution is 2.48. The predicted octanol–water partition coefficient (Wildman–Crippen LogP) is 2.58. The summed E-state index contributed by atoms with van der Waals surface area (Å²) in [4.78, 5) is 15.1. The van der Waals surface area contributed by atoms with Crippen LogP contribution in [0.1, 0.15) is 50.5 Å². The highest BCUT2D eigenvalue weighted by molar-refractivity contribution is 7.89. The summed E-state index contributed by atoms with van der Waals surface area (Å²) in [7, 11) is -3.68. The second-order valence-electron chi connectivity index (χ2n) is 7.55. The van der Waals surface area contributed by atoms with Crippen molar-refractivity contribution in [2.75, 3.05) is 24.5 Å². The lowest BCUT2D eigenvalue weighted by atomic mass is 9.74. The maximum atomic E-state index is 13.5. The highest BCUT2D eigenvalue weighted by atomic mass is 32.2. The number of amides is 1. The number of fused-ring (bicyclic) bond motifs is 1. The maximum Gasteiger partial charge on any atom is 0.243 e. The summed E-state index contributed by atoms with van der Waals surface area (Å²) in [6.07, 6.45) is 2.38. The summed E-state index contributed by atoms with van der Waals surface area (Å²) in [6, 6.07) is 10.8. The molecule has 0 unspecified atom stereocenters. The van der Waals surface area contributed by atoms with Crippen LogP contribution in [0.25, 0.3) is 0 Å². The Morgan fingerprint density at radius 1 is 0.967 bits per heavy atom. The van der Waals surface area contributed by atoms with Gasteiger partial charge < -0.3 is 4.90 Å². The van der Waals surface area contributed by atoms with Crippen LogP contribution in [0.3, 0.4) is 0 Å². The molecule has 0 aliphatic carbocycles. The summed E-state index contributed by atoms with van der Waals surface area (Å²) in [5, 5.41) is 27.3. The average Bonchev–Trinajstić information content (AvgIpc) is 3.36. The van der Waals surface area contributed by atoms with E-state index in [1.54, 1.807) is 12.1 Å². The van der Waals surface area contributed by atoms with Gasteiger partial charge in [-0.2, -0.15) is 20.1 Å². The SMILES string of the molecule is N#CCCN1C(=O)C(CCC#N)(CCC#N)c2cc(S(=O)(=O)N3CCCC3)ccc21. The molecule has 1 aromatic carbocycles. The van der Waals surface area contributed by atoms with E-state index in [0.29, 0.717) is 24.3 Å². The van der Waals surface area contributed by atoms with E-state index in [1.807, 2.05) is 6.07 Å². The third kappa shape index (κ3) is 3.65. The van der Waals surface area contributed by atoms with E-state index in [0.717, 1.165) is 12.8 Å². The Morgan fingerprint density at radius 2 is 1.57 bits per heavy atom. The summed E-state index contributed by atoms with van der Waals surface area (Å²) < 4.78 is 27.6. The second-order valence-corrected chi connectivity index (χ2v) is 9.49. The fourth-order valence-electron chi connectivity index (χ4n) is 4.39. The van der Waals surface area contributed by atoms with Gasteiger partial charge in [0.15, 0.2) is 0 Å². The van der Waals surface area contributed by atoms with Crippen molar-refractivity contribution in [3.8, 4) is 18.2 Å². The smallest absolute Gasteiger partial charge is 0.243 e. The number of anilines is 1. The van der Waals surface area contributed by atoms with E-state index in [9.17, 15) is 13.2 Å². The third-order valence-corrected chi connectivity index (χ3v) is 7.80. The molecule has 9 heteroatoms. The highest BCUT2D eigenvalue weighted by Gasteiger charge is 2.50. The van der Waals surface area contributed by atoms with Gasteiger partial charge in [-0.15, -0.1) is 0 Å². The maximum absolute atomic E-state index is 13.5. The van der Waals surface area contributed by atoms with Gasteiger partial charge in [0.1, 0.15) is 0 Å². The molecule has 8 nitrogen and oxygen atoms in total. The van der Waals surface area contributed by atoms with Crippen LogP contribution in [-0.2, 0) is 20.2 Å². The molecule has 0 radical (unpaired) electrons. The van der Waals surface area contributed by atoms with Gasteiger partial charge in [-0.3, -0.25) is 4.79 Å². The van der Waals surface area contributed by atoms with Gasteiger partial charge >= 0.3 is 0 Å². The van der Waals surface area contributed by atoms with E-state index in [1.165, 1.54) is 15.3 Å². The molecule has 2 aliphatic rings. The number of sulfonamides is 1. The molecule has 0 spiro atoms. The summed E-state index contributed by atoms with van der Waals surface area (Å²) in [6.45, 7) is 1.13. The summed E-state index contributed by atoms with van der Waals surface area (Å²) in [5.74, 6) is -0.269. The quantitative estimate of drug-likeness (QED) is 0.629. The van der Waals surface area contributed by atoms with Gasteiger partial charge in [0, 0.05) is 38.2 Å². The van der Waals surface area contributed by atoms with Crippen LogP contribution in [0.15, 0.2) is 23.1 Å². The molecule has 3 rings (SSSR count). The number of rotatable bonds is 8. The molecule has 2 heterocycles. The molecule has 0 bridgehead atoms. The molecule has 156 valence electrons. The normalized spacial score (nSPS) is 17.9. The molecule has 0 saturated carbocycles. The summed E-state index contributed by atoms with van der Waals surface area (Å²) in [5.41, 5.74) is -0.0324.